The molecule has 2 heterocycles. The van der Waals surface area contributed by atoms with Crippen molar-refractivity contribution >= 4 is 51.8 Å². The average Bonchev–Trinajstić information content (AvgIpc) is 3.22. The van der Waals surface area contributed by atoms with Gasteiger partial charge in [-0.25, -0.2) is 0 Å². The van der Waals surface area contributed by atoms with Crippen LogP contribution in [-0.2, 0) is 16.6 Å². The first-order valence-electron chi connectivity index (χ1n) is 13.0. The molecule has 41 heavy (non-hydrogen) atoms. The van der Waals surface area contributed by atoms with Crippen molar-refractivity contribution in [3.05, 3.63) is 120 Å². The molecule has 8 heteroatoms. The first-order chi connectivity index (χ1) is 19.9. The number of thiocarbonyl (C=S) groups is 1. The summed E-state index contributed by atoms with van der Waals surface area (Å²) in [7, 11) is 1.89. The van der Waals surface area contributed by atoms with Gasteiger partial charge in [0, 0.05) is 18.0 Å². The van der Waals surface area contributed by atoms with Gasteiger partial charge in [0.15, 0.2) is 5.11 Å². The molecule has 202 valence electrons. The summed E-state index contributed by atoms with van der Waals surface area (Å²) in [4.78, 5) is 28.3. The second-order valence-electron chi connectivity index (χ2n) is 9.58. The first kappa shape index (κ1) is 26.0. The second-order valence-corrected chi connectivity index (χ2v) is 9.97. The van der Waals surface area contributed by atoms with Crippen LogP contribution in [0.5, 0.6) is 23.1 Å². The Labute approximate surface area is 242 Å². The number of rotatable bonds is 6. The molecule has 0 unspecified atom stereocenters. The Balaban J connectivity index is 1.37. The number of anilines is 1. The lowest BCUT2D eigenvalue weighted by molar-refractivity contribution is -0.122. The van der Waals surface area contributed by atoms with Crippen LogP contribution in [0.15, 0.2) is 109 Å². The zero-order valence-corrected chi connectivity index (χ0v) is 23.1. The molecular formula is C33H25N3O4S. The summed E-state index contributed by atoms with van der Waals surface area (Å²) in [6, 6.07) is 31.8. The van der Waals surface area contributed by atoms with E-state index in [0.29, 0.717) is 34.4 Å². The lowest BCUT2D eigenvalue weighted by Crippen LogP contribution is -2.54. The number of benzene rings is 4. The van der Waals surface area contributed by atoms with E-state index in [2.05, 4.69) is 5.32 Å². The molecule has 7 nitrogen and oxygen atoms in total. The molecular weight excluding hydrogens is 534 g/mol. The normalized spacial score (nSPS) is 14.4. The van der Waals surface area contributed by atoms with Gasteiger partial charge in [-0.3, -0.25) is 19.8 Å². The SMILES string of the molecule is Cc1cccc(Oc2c(C=C3C(=O)NC(=S)N(c4ccc(Oc5ccccc5)cc4)C3=O)c3ccccc3n2C)c1. The third kappa shape index (κ3) is 5.08. The van der Waals surface area contributed by atoms with Crippen LogP contribution in [0, 0.1) is 6.92 Å². The minimum atomic E-state index is -0.574. The van der Waals surface area contributed by atoms with Crippen molar-refractivity contribution in [1.82, 2.24) is 9.88 Å². The van der Waals surface area contributed by atoms with E-state index in [9.17, 15) is 9.59 Å². The van der Waals surface area contributed by atoms with Gasteiger partial charge in [-0.1, -0.05) is 48.5 Å². The molecule has 0 aliphatic carbocycles. The molecule has 0 spiro atoms. The lowest BCUT2D eigenvalue weighted by Gasteiger charge is -2.29. The molecule has 1 aromatic heterocycles. The van der Waals surface area contributed by atoms with E-state index in [-0.39, 0.29) is 10.7 Å². The number of para-hydroxylation sites is 2. The molecule has 6 rings (SSSR count). The number of carbonyl (C=O) groups excluding carboxylic acids is 2. The quantitative estimate of drug-likeness (QED) is 0.139. The van der Waals surface area contributed by atoms with Gasteiger partial charge in [0.1, 0.15) is 22.8 Å². The maximum absolute atomic E-state index is 13.8. The highest BCUT2D eigenvalue weighted by atomic mass is 32.1. The predicted octanol–water partition coefficient (Wildman–Crippen LogP) is 6.90. The number of carbonyl (C=O) groups is 2. The summed E-state index contributed by atoms with van der Waals surface area (Å²) in [5, 5.41) is 3.51. The number of ether oxygens (including phenoxy) is 2. The van der Waals surface area contributed by atoms with Gasteiger partial charge in [0.2, 0.25) is 5.88 Å². The van der Waals surface area contributed by atoms with Crippen LogP contribution in [0.2, 0.25) is 0 Å². The van der Waals surface area contributed by atoms with E-state index in [1.165, 1.54) is 4.90 Å². The van der Waals surface area contributed by atoms with Crippen LogP contribution in [-0.4, -0.2) is 21.5 Å². The zero-order chi connectivity index (χ0) is 28.5. The molecule has 5 aromatic rings. The van der Waals surface area contributed by atoms with Crippen LogP contribution in [0.1, 0.15) is 11.1 Å². The Morgan fingerprint density at radius 3 is 2.22 bits per heavy atom. The van der Waals surface area contributed by atoms with Crippen LogP contribution < -0.4 is 19.7 Å². The van der Waals surface area contributed by atoms with E-state index in [1.807, 2.05) is 97.4 Å². The van der Waals surface area contributed by atoms with E-state index in [1.54, 1.807) is 30.3 Å². The monoisotopic (exact) mass is 559 g/mol. The molecule has 0 radical (unpaired) electrons. The number of hydrogen-bond acceptors (Lipinski definition) is 5. The Morgan fingerprint density at radius 1 is 0.780 bits per heavy atom. The van der Waals surface area contributed by atoms with Crippen LogP contribution in [0.4, 0.5) is 5.69 Å². The van der Waals surface area contributed by atoms with Crippen molar-refractivity contribution in [3.8, 4) is 23.1 Å². The van der Waals surface area contributed by atoms with E-state index in [0.717, 1.165) is 16.5 Å². The van der Waals surface area contributed by atoms with E-state index < -0.39 is 11.8 Å². The van der Waals surface area contributed by atoms with Crippen LogP contribution in [0.25, 0.3) is 17.0 Å². The molecule has 4 aromatic carbocycles. The third-order valence-electron chi connectivity index (χ3n) is 6.76. The van der Waals surface area contributed by atoms with Gasteiger partial charge >= 0.3 is 0 Å². The van der Waals surface area contributed by atoms with Crippen LogP contribution in [0.3, 0.4) is 0 Å². The maximum atomic E-state index is 13.8. The number of nitrogens with one attached hydrogen (secondary N) is 1. The molecule has 1 aliphatic rings. The molecule has 1 aliphatic heterocycles. The molecule has 2 amide bonds. The van der Waals surface area contributed by atoms with Gasteiger partial charge in [0.25, 0.3) is 11.8 Å². The van der Waals surface area contributed by atoms with Gasteiger partial charge in [-0.15, -0.1) is 0 Å². The Bertz CT molecular complexity index is 1840. The van der Waals surface area contributed by atoms with E-state index >= 15 is 0 Å². The maximum Gasteiger partial charge on any atom is 0.270 e. The number of nitrogens with zero attached hydrogens (tertiary/aromatic N) is 2. The fraction of sp³-hybridized carbons (Fsp3) is 0.0606. The van der Waals surface area contributed by atoms with Crippen molar-refractivity contribution in [2.45, 2.75) is 6.92 Å². The van der Waals surface area contributed by atoms with Crippen LogP contribution >= 0.6 is 12.2 Å². The smallest absolute Gasteiger partial charge is 0.270 e. The molecule has 1 saturated heterocycles. The highest BCUT2D eigenvalue weighted by molar-refractivity contribution is 7.80. The average molecular weight is 560 g/mol. The van der Waals surface area contributed by atoms with Crippen molar-refractivity contribution < 1.29 is 19.1 Å². The summed E-state index contributed by atoms with van der Waals surface area (Å²) in [5.74, 6) is 1.34. The standard InChI is InChI=1S/C33H25N3O4S/c1-21-9-8-12-25(19-21)40-32-27(26-13-6-7-14-29(26)35(32)2)20-28-30(37)34-33(41)36(31(28)38)22-15-17-24(18-16-22)39-23-10-4-3-5-11-23/h3-20H,1-2H3,(H,34,37,41). The Kier molecular flexibility index (Phi) is 6.83. The summed E-state index contributed by atoms with van der Waals surface area (Å²) >= 11 is 5.41. The highest BCUT2D eigenvalue weighted by Crippen LogP contribution is 2.37. The predicted molar refractivity (Wildman–Crippen MR) is 163 cm³/mol. The van der Waals surface area contributed by atoms with Gasteiger partial charge < -0.3 is 14.0 Å². The summed E-state index contributed by atoms with van der Waals surface area (Å²) in [6.45, 7) is 1.99. The third-order valence-corrected chi connectivity index (χ3v) is 7.04. The topological polar surface area (TPSA) is 72.8 Å². The van der Waals surface area contributed by atoms with Gasteiger partial charge in [-0.05, 0) is 85.4 Å². The highest BCUT2D eigenvalue weighted by Gasteiger charge is 2.35. The second kappa shape index (κ2) is 10.7. The van der Waals surface area contributed by atoms with Crippen molar-refractivity contribution in [2.75, 3.05) is 4.90 Å². The minimum Gasteiger partial charge on any atom is -0.457 e. The van der Waals surface area contributed by atoms with Gasteiger partial charge in [-0.2, -0.15) is 0 Å². The summed E-state index contributed by atoms with van der Waals surface area (Å²) in [5.41, 5.74) is 3.00. The largest absolute Gasteiger partial charge is 0.457 e. The Hall–Kier alpha value is -5.21. The molecule has 0 saturated carbocycles. The number of aromatic nitrogens is 1. The number of aryl methyl sites for hydroxylation is 2. The summed E-state index contributed by atoms with van der Waals surface area (Å²) < 4.78 is 14.1. The minimum absolute atomic E-state index is 0.00281. The number of amides is 2. The molecule has 0 atom stereocenters. The molecule has 0 bridgehead atoms. The fourth-order valence-corrected chi connectivity index (χ4v) is 5.06. The first-order valence-corrected chi connectivity index (χ1v) is 13.4. The van der Waals surface area contributed by atoms with Crippen molar-refractivity contribution in [2.24, 2.45) is 7.05 Å². The fourth-order valence-electron chi connectivity index (χ4n) is 4.78. The van der Waals surface area contributed by atoms with Crippen molar-refractivity contribution in [3.63, 3.8) is 0 Å². The number of fused-ring (bicyclic) bond motifs is 1. The molecule has 1 N–H and O–H groups in total. The van der Waals surface area contributed by atoms with E-state index in [4.69, 9.17) is 21.7 Å². The van der Waals surface area contributed by atoms with Gasteiger partial charge in [0.05, 0.1) is 11.2 Å². The Morgan fingerprint density at radius 2 is 1.46 bits per heavy atom. The zero-order valence-electron chi connectivity index (χ0n) is 22.3. The summed E-state index contributed by atoms with van der Waals surface area (Å²) in [6.07, 6.45) is 1.58. The molecule has 1 fully saturated rings. The van der Waals surface area contributed by atoms with Crippen molar-refractivity contribution in [1.29, 1.82) is 0 Å². The lowest BCUT2D eigenvalue weighted by atomic mass is 10.1. The number of hydrogen-bond donors (Lipinski definition) is 1.